The SMILES string of the molecule is CC1(C)OC(=O)C(=CNc2ccc(C(=O)N3CCN(c4ccc(C(F)(F)F)cc4)CC3)cc2)C(=O)O1. The Morgan fingerprint density at radius 1 is 0.917 bits per heavy atom. The molecule has 2 saturated heterocycles. The van der Waals surface area contributed by atoms with Crippen molar-refractivity contribution in [1.82, 2.24) is 4.90 Å². The molecule has 0 unspecified atom stereocenters. The molecule has 0 radical (unpaired) electrons. The number of alkyl halides is 3. The summed E-state index contributed by atoms with van der Waals surface area (Å²) in [6, 6.07) is 11.5. The van der Waals surface area contributed by atoms with E-state index in [0.717, 1.165) is 12.1 Å². The van der Waals surface area contributed by atoms with Crippen LogP contribution in [0.5, 0.6) is 0 Å². The predicted octanol–water partition coefficient (Wildman–Crippen LogP) is 3.80. The highest BCUT2D eigenvalue weighted by Crippen LogP contribution is 2.31. The van der Waals surface area contributed by atoms with E-state index < -0.39 is 29.5 Å². The Morgan fingerprint density at radius 2 is 1.47 bits per heavy atom. The van der Waals surface area contributed by atoms with Crippen LogP contribution in [0.1, 0.15) is 29.8 Å². The molecule has 2 aromatic rings. The maximum Gasteiger partial charge on any atom is 0.416 e. The van der Waals surface area contributed by atoms with Crippen molar-refractivity contribution < 1.29 is 37.0 Å². The molecule has 2 aromatic carbocycles. The van der Waals surface area contributed by atoms with Gasteiger partial charge in [-0.05, 0) is 48.5 Å². The van der Waals surface area contributed by atoms with Gasteiger partial charge in [-0.3, -0.25) is 4.79 Å². The number of hydrogen-bond donors (Lipinski definition) is 1. The van der Waals surface area contributed by atoms with Crippen LogP contribution in [-0.2, 0) is 25.2 Å². The summed E-state index contributed by atoms with van der Waals surface area (Å²) in [6.07, 6.45) is -3.19. The molecule has 0 aromatic heterocycles. The zero-order valence-corrected chi connectivity index (χ0v) is 19.6. The first kappa shape index (κ1) is 25.1. The number of esters is 2. The van der Waals surface area contributed by atoms with Gasteiger partial charge in [0, 0.05) is 63.2 Å². The number of hydrogen-bond acceptors (Lipinski definition) is 7. The van der Waals surface area contributed by atoms with Crippen LogP contribution in [0, 0.1) is 0 Å². The molecule has 0 saturated carbocycles. The lowest BCUT2D eigenvalue weighted by Gasteiger charge is -2.36. The molecule has 1 amide bonds. The third-order valence-electron chi connectivity index (χ3n) is 5.76. The second-order valence-corrected chi connectivity index (χ2v) is 8.78. The third kappa shape index (κ3) is 5.61. The van der Waals surface area contributed by atoms with E-state index >= 15 is 0 Å². The smallest absolute Gasteiger partial charge is 0.416 e. The van der Waals surface area contributed by atoms with Crippen LogP contribution >= 0.6 is 0 Å². The highest BCUT2D eigenvalue weighted by atomic mass is 19.4. The first-order chi connectivity index (χ1) is 16.9. The van der Waals surface area contributed by atoms with Gasteiger partial charge in [-0.2, -0.15) is 13.2 Å². The average Bonchev–Trinajstić information content (AvgIpc) is 2.82. The van der Waals surface area contributed by atoms with Gasteiger partial charge in [0.1, 0.15) is 0 Å². The Kier molecular flexibility index (Phi) is 6.66. The van der Waals surface area contributed by atoms with Crippen molar-refractivity contribution in [2.45, 2.75) is 25.8 Å². The van der Waals surface area contributed by atoms with E-state index in [0.29, 0.717) is 43.1 Å². The minimum absolute atomic E-state index is 0.173. The topological polar surface area (TPSA) is 88.2 Å². The van der Waals surface area contributed by atoms with Crippen LogP contribution in [0.4, 0.5) is 24.5 Å². The van der Waals surface area contributed by atoms with Crippen LogP contribution in [0.15, 0.2) is 60.3 Å². The molecule has 8 nitrogen and oxygen atoms in total. The van der Waals surface area contributed by atoms with Gasteiger partial charge in [0.25, 0.3) is 11.7 Å². The van der Waals surface area contributed by atoms with Crippen LogP contribution in [0.2, 0.25) is 0 Å². The lowest BCUT2D eigenvalue weighted by molar-refractivity contribution is -0.222. The second kappa shape index (κ2) is 9.56. The van der Waals surface area contributed by atoms with Gasteiger partial charge in [0.05, 0.1) is 5.56 Å². The number of piperazine rings is 1. The van der Waals surface area contributed by atoms with E-state index in [2.05, 4.69) is 5.32 Å². The molecule has 0 spiro atoms. The standard InChI is InChI=1S/C25H24F3N3O5/c1-24(2)35-22(33)20(23(34)36-24)15-29-18-7-3-16(4-8-18)21(32)31-13-11-30(12-14-31)19-9-5-17(6-10-19)25(26,27)28/h3-10,15,29H,11-14H2,1-2H3. The minimum Gasteiger partial charge on any atom is -0.419 e. The molecular formula is C25H24F3N3O5. The summed E-state index contributed by atoms with van der Waals surface area (Å²) in [6.45, 7) is 4.74. The fourth-order valence-electron chi connectivity index (χ4n) is 3.85. The quantitative estimate of drug-likeness (QED) is 0.386. The number of carbonyl (C=O) groups is 3. The van der Waals surface area contributed by atoms with Crippen LogP contribution < -0.4 is 10.2 Å². The second-order valence-electron chi connectivity index (χ2n) is 8.78. The number of carbonyl (C=O) groups excluding carboxylic acids is 3. The average molecular weight is 503 g/mol. The molecule has 2 aliphatic rings. The van der Waals surface area contributed by atoms with E-state index in [9.17, 15) is 27.6 Å². The lowest BCUT2D eigenvalue weighted by atomic mass is 10.1. The lowest BCUT2D eigenvalue weighted by Crippen LogP contribution is -2.48. The predicted molar refractivity (Wildman–Crippen MR) is 124 cm³/mol. The van der Waals surface area contributed by atoms with Crippen molar-refractivity contribution in [3.8, 4) is 0 Å². The number of halogens is 3. The number of benzene rings is 2. The normalized spacial score (nSPS) is 17.9. The molecule has 2 fully saturated rings. The van der Waals surface area contributed by atoms with E-state index in [-0.39, 0.29) is 11.5 Å². The number of amides is 1. The molecular weight excluding hydrogens is 479 g/mol. The Balaban J connectivity index is 1.32. The first-order valence-electron chi connectivity index (χ1n) is 11.2. The number of nitrogens with one attached hydrogen (secondary N) is 1. The zero-order valence-electron chi connectivity index (χ0n) is 19.6. The molecule has 4 rings (SSSR count). The molecule has 2 aliphatic heterocycles. The number of anilines is 2. The van der Waals surface area contributed by atoms with Crippen molar-refractivity contribution in [1.29, 1.82) is 0 Å². The Morgan fingerprint density at radius 3 is 2.00 bits per heavy atom. The van der Waals surface area contributed by atoms with Gasteiger partial charge in [-0.1, -0.05) is 0 Å². The number of nitrogens with zero attached hydrogens (tertiary/aromatic N) is 2. The summed E-state index contributed by atoms with van der Waals surface area (Å²) in [5.74, 6) is -3.10. The summed E-state index contributed by atoms with van der Waals surface area (Å²) >= 11 is 0. The summed E-state index contributed by atoms with van der Waals surface area (Å²) in [4.78, 5) is 40.5. The van der Waals surface area contributed by atoms with Crippen molar-refractivity contribution in [3.63, 3.8) is 0 Å². The summed E-state index contributed by atoms with van der Waals surface area (Å²) in [5.41, 5.74) is 0.692. The highest BCUT2D eigenvalue weighted by molar-refractivity contribution is 6.15. The van der Waals surface area contributed by atoms with E-state index in [4.69, 9.17) is 9.47 Å². The van der Waals surface area contributed by atoms with Gasteiger partial charge in [0.15, 0.2) is 5.57 Å². The fraction of sp³-hybridized carbons (Fsp3) is 0.320. The van der Waals surface area contributed by atoms with Gasteiger partial charge in [-0.25, -0.2) is 9.59 Å². The summed E-state index contributed by atoms with van der Waals surface area (Å²) < 4.78 is 48.4. The first-order valence-corrected chi connectivity index (χ1v) is 11.2. The number of rotatable bonds is 4. The Bertz CT molecular complexity index is 1160. The van der Waals surface area contributed by atoms with Crippen molar-refractivity contribution in [2.24, 2.45) is 0 Å². The van der Waals surface area contributed by atoms with E-state index in [1.165, 1.54) is 32.2 Å². The summed E-state index contributed by atoms with van der Waals surface area (Å²) in [5, 5.41) is 2.82. The Labute approximate surface area is 205 Å². The maximum absolute atomic E-state index is 12.9. The van der Waals surface area contributed by atoms with Crippen molar-refractivity contribution >= 4 is 29.2 Å². The maximum atomic E-state index is 12.9. The highest BCUT2D eigenvalue weighted by Gasteiger charge is 2.39. The van der Waals surface area contributed by atoms with Gasteiger partial charge in [-0.15, -0.1) is 0 Å². The summed E-state index contributed by atoms with van der Waals surface area (Å²) in [7, 11) is 0. The van der Waals surface area contributed by atoms with Crippen LogP contribution in [0.25, 0.3) is 0 Å². The number of ether oxygens (including phenoxy) is 2. The largest absolute Gasteiger partial charge is 0.419 e. The third-order valence-corrected chi connectivity index (χ3v) is 5.76. The molecule has 0 atom stereocenters. The van der Waals surface area contributed by atoms with Crippen LogP contribution in [0.3, 0.4) is 0 Å². The van der Waals surface area contributed by atoms with Gasteiger partial charge < -0.3 is 24.6 Å². The van der Waals surface area contributed by atoms with E-state index in [1.807, 2.05) is 4.90 Å². The molecule has 2 heterocycles. The zero-order chi connectivity index (χ0) is 26.1. The monoisotopic (exact) mass is 503 g/mol. The number of cyclic esters (lactones) is 2. The fourth-order valence-corrected chi connectivity index (χ4v) is 3.85. The van der Waals surface area contributed by atoms with Crippen molar-refractivity contribution in [2.75, 3.05) is 36.4 Å². The molecule has 0 aliphatic carbocycles. The molecule has 11 heteroatoms. The minimum atomic E-state index is -4.38. The van der Waals surface area contributed by atoms with Gasteiger partial charge >= 0.3 is 18.1 Å². The van der Waals surface area contributed by atoms with Crippen molar-refractivity contribution in [3.05, 3.63) is 71.4 Å². The Hall–Kier alpha value is -4.02. The molecule has 1 N–H and O–H groups in total. The molecule has 0 bridgehead atoms. The van der Waals surface area contributed by atoms with Gasteiger partial charge in [0.2, 0.25) is 0 Å². The van der Waals surface area contributed by atoms with E-state index in [1.54, 1.807) is 29.2 Å². The molecule has 36 heavy (non-hydrogen) atoms. The molecule has 190 valence electrons. The van der Waals surface area contributed by atoms with Crippen LogP contribution in [-0.4, -0.2) is 54.7 Å².